The minimum Gasteiger partial charge on any atom is -0.325 e. The van der Waals surface area contributed by atoms with Crippen LogP contribution in [0.1, 0.15) is 12.0 Å². The summed E-state index contributed by atoms with van der Waals surface area (Å²) in [5.41, 5.74) is 1.33. The van der Waals surface area contributed by atoms with Gasteiger partial charge in [0.1, 0.15) is 0 Å². The van der Waals surface area contributed by atoms with Crippen molar-refractivity contribution in [2.75, 3.05) is 22.8 Å². The fourth-order valence-electron chi connectivity index (χ4n) is 2.14. The molecule has 6 nitrogen and oxygen atoms in total. The number of alkyl halides is 2. The van der Waals surface area contributed by atoms with Crippen molar-refractivity contribution in [2.45, 2.75) is 25.3 Å². The monoisotopic (exact) mass is 333 g/mol. The molecule has 1 aromatic rings. The van der Waals surface area contributed by atoms with E-state index in [1.54, 1.807) is 19.1 Å². The Morgan fingerprint density at radius 2 is 2.09 bits per heavy atom. The first kappa shape index (κ1) is 16.6. The van der Waals surface area contributed by atoms with Gasteiger partial charge in [0.25, 0.3) is 5.92 Å². The second-order valence-electron chi connectivity index (χ2n) is 5.39. The van der Waals surface area contributed by atoms with Gasteiger partial charge in [-0.2, -0.15) is 0 Å². The summed E-state index contributed by atoms with van der Waals surface area (Å²) in [4.78, 5) is 11.9. The van der Waals surface area contributed by atoms with Crippen molar-refractivity contribution in [1.82, 2.24) is 5.32 Å². The van der Waals surface area contributed by atoms with E-state index in [1.807, 2.05) is 0 Å². The number of carbonyl (C=O) groups is 1. The van der Waals surface area contributed by atoms with E-state index >= 15 is 0 Å². The van der Waals surface area contributed by atoms with Crippen LogP contribution in [-0.2, 0) is 14.8 Å². The second-order valence-corrected chi connectivity index (χ2v) is 7.14. The van der Waals surface area contributed by atoms with Gasteiger partial charge in [-0.05, 0) is 24.6 Å². The molecule has 9 heteroatoms. The lowest BCUT2D eigenvalue weighted by Crippen LogP contribution is -2.35. The molecule has 1 amide bonds. The number of nitrogens with one attached hydrogen (secondary N) is 3. The van der Waals surface area contributed by atoms with Gasteiger partial charge in [-0.1, -0.05) is 6.07 Å². The lowest BCUT2D eigenvalue weighted by Gasteiger charge is -2.14. The zero-order chi connectivity index (χ0) is 16.5. The maximum Gasteiger partial charge on any atom is 0.262 e. The molecule has 3 N–H and O–H groups in total. The smallest absolute Gasteiger partial charge is 0.262 e. The van der Waals surface area contributed by atoms with E-state index in [9.17, 15) is 22.0 Å². The molecule has 0 radical (unpaired) electrons. The van der Waals surface area contributed by atoms with E-state index in [0.29, 0.717) is 16.9 Å². The summed E-state index contributed by atoms with van der Waals surface area (Å²) in [5, 5.41) is 4.96. The summed E-state index contributed by atoms with van der Waals surface area (Å²) < 4.78 is 51.0. The third-order valence-electron chi connectivity index (χ3n) is 3.23. The summed E-state index contributed by atoms with van der Waals surface area (Å²) in [6, 6.07) is 3.68. The van der Waals surface area contributed by atoms with E-state index in [1.165, 1.54) is 6.07 Å². The van der Waals surface area contributed by atoms with E-state index in [2.05, 4.69) is 15.4 Å². The Hall–Kier alpha value is -1.74. The predicted molar refractivity (Wildman–Crippen MR) is 79.6 cm³/mol. The van der Waals surface area contributed by atoms with E-state index < -0.39 is 40.9 Å². The molecule has 122 valence electrons. The van der Waals surface area contributed by atoms with Gasteiger partial charge in [0.05, 0.1) is 24.5 Å². The van der Waals surface area contributed by atoms with Crippen LogP contribution in [-0.4, -0.2) is 39.1 Å². The largest absolute Gasteiger partial charge is 0.325 e. The highest BCUT2D eigenvalue weighted by Crippen LogP contribution is 2.26. The Bertz CT molecular complexity index is 692. The number of rotatable bonds is 4. The Morgan fingerprint density at radius 1 is 1.41 bits per heavy atom. The van der Waals surface area contributed by atoms with Crippen molar-refractivity contribution in [3.8, 4) is 0 Å². The lowest BCUT2D eigenvalue weighted by atomic mass is 10.1. The van der Waals surface area contributed by atoms with Gasteiger partial charge in [0, 0.05) is 12.1 Å². The number of amides is 1. The molecule has 2 rings (SSSR count). The van der Waals surface area contributed by atoms with Crippen LogP contribution in [0.25, 0.3) is 0 Å². The Balaban J connectivity index is 2.10. The topological polar surface area (TPSA) is 87.3 Å². The molecule has 0 bridgehead atoms. The molecule has 1 aliphatic rings. The summed E-state index contributed by atoms with van der Waals surface area (Å²) >= 11 is 0. The van der Waals surface area contributed by atoms with Gasteiger partial charge in [-0.3, -0.25) is 14.8 Å². The molecular formula is C13H17F2N3O3S. The number of halogens is 2. The molecule has 0 spiro atoms. The normalized spacial score (nSPS) is 20.6. The summed E-state index contributed by atoms with van der Waals surface area (Å²) in [6.07, 6.45) is 0.460. The molecule has 0 aliphatic carbocycles. The molecule has 1 aromatic carbocycles. The number of benzene rings is 1. The SMILES string of the molecule is Cc1ccc(NC(=O)C2CC(F)(F)CN2)cc1NS(C)(=O)=O. The zero-order valence-electron chi connectivity index (χ0n) is 12.1. The minimum atomic E-state index is -3.45. The fraction of sp³-hybridized carbons (Fsp3) is 0.462. The molecule has 1 saturated heterocycles. The van der Waals surface area contributed by atoms with Crippen LogP contribution in [0, 0.1) is 6.92 Å². The first-order valence-electron chi connectivity index (χ1n) is 6.56. The molecule has 1 fully saturated rings. The van der Waals surface area contributed by atoms with Crippen LogP contribution in [0.4, 0.5) is 20.2 Å². The van der Waals surface area contributed by atoms with Crippen LogP contribution in [0.3, 0.4) is 0 Å². The first-order chi connectivity index (χ1) is 10.1. The molecule has 0 saturated carbocycles. The Kier molecular flexibility index (Phi) is 4.39. The zero-order valence-corrected chi connectivity index (χ0v) is 12.9. The van der Waals surface area contributed by atoms with Crippen LogP contribution < -0.4 is 15.4 Å². The van der Waals surface area contributed by atoms with Gasteiger partial charge in [0.15, 0.2) is 0 Å². The third-order valence-corrected chi connectivity index (χ3v) is 3.82. The minimum absolute atomic E-state index is 0.324. The maximum atomic E-state index is 13.1. The predicted octanol–water partition coefficient (Wildman–Crippen LogP) is 1.30. The Labute approximate surface area is 127 Å². The molecule has 1 atom stereocenters. The second kappa shape index (κ2) is 5.81. The van der Waals surface area contributed by atoms with E-state index in [0.717, 1.165) is 6.26 Å². The van der Waals surface area contributed by atoms with Gasteiger partial charge in [0.2, 0.25) is 15.9 Å². The number of hydrogen-bond acceptors (Lipinski definition) is 4. The van der Waals surface area contributed by atoms with Crippen molar-refractivity contribution >= 4 is 27.3 Å². The van der Waals surface area contributed by atoms with Crippen LogP contribution in [0.5, 0.6) is 0 Å². The summed E-state index contributed by atoms with van der Waals surface area (Å²) in [5.74, 6) is -3.47. The third kappa shape index (κ3) is 4.38. The van der Waals surface area contributed by atoms with Crippen LogP contribution in [0.2, 0.25) is 0 Å². The standard InChI is InChI=1S/C13H17F2N3O3S/c1-8-3-4-9(5-10(8)18-22(2,20)21)17-12(19)11-6-13(14,15)7-16-11/h3-5,11,16,18H,6-7H2,1-2H3,(H,17,19). The van der Waals surface area contributed by atoms with Gasteiger partial charge >= 0.3 is 0 Å². The van der Waals surface area contributed by atoms with E-state index in [-0.39, 0.29) is 0 Å². The number of aryl methyl sites for hydroxylation is 1. The van der Waals surface area contributed by atoms with Crippen molar-refractivity contribution < 1.29 is 22.0 Å². The Morgan fingerprint density at radius 3 is 2.64 bits per heavy atom. The number of carbonyl (C=O) groups excluding carboxylic acids is 1. The highest BCUT2D eigenvalue weighted by Gasteiger charge is 2.42. The average Bonchev–Trinajstić information content (AvgIpc) is 2.72. The number of anilines is 2. The molecule has 0 aromatic heterocycles. The number of hydrogen-bond donors (Lipinski definition) is 3. The molecule has 22 heavy (non-hydrogen) atoms. The van der Waals surface area contributed by atoms with Gasteiger partial charge in [-0.15, -0.1) is 0 Å². The maximum absolute atomic E-state index is 13.1. The average molecular weight is 333 g/mol. The molecule has 1 unspecified atom stereocenters. The lowest BCUT2D eigenvalue weighted by molar-refractivity contribution is -0.118. The summed E-state index contributed by atoms with van der Waals surface area (Å²) in [6.45, 7) is 1.18. The van der Waals surface area contributed by atoms with E-state index in [4.69, 9.17) is 0 Å². The highest BCUT2D eigenvalue weighted by molar-refractivity contribution is 7.92. The van der Waals surface area contributed by atoms with Crippen LogP contribution in [0.15, 0.2) is 18.2 Å². The first-order valence-corrected chi connectivity index (χ1v) is 8.45. The van der Waals surface area contributed by atoms with Gasteiger partial charge < -0.3 is 5.32 Å². The van der Waals surface area contributed by atoms with Crippen molar-refractivity contribution in [1.29, 1.82) is 0 Å². The molecule has 1 heterocycles. The molecular weight excluding hydrogens is 316 g/mol. The number of sulfonamides is 1. The fourth-order valence-corrected chi connectivity index (χ4v) is 2.76. The van der Waals surface area contributed by atoms with Gasteiger partial charge in [-0.25, -0.2) is 17.2 Å². The quantitative estimate of drug-likeness (QED) is 0.775. The van der Waals surface area contributed by atoms with Crippen LogP contribution >= 0.6 is 0 Å². The molecule has 1 aliphatic heterocycles. The van der Waals surface area contributed by atoms with Crippen molar-refractivity contribution in [2.24, 2.45) is 0 Å². The van der Waals surface area contributed by atoms with Crippen molar-refractivity contribution in [3.63, 3.8) is 0 Å². The summed E-state index contributed by atoms with van der Waals surface area (Å²) in [7, 11) is -3.45. The highest BCUT2D eigenvalue weighted by atomic mass is 32.2. The van der Waals surface area contributed by atoms with Crippen molar-refractivity contribution in [3.05, 3.63) is 23.8 Å².